The van der Waals surface area contributed by atoms with Crippen molar-refractivity contribution in [2.24, 2.45) is 5.92 Å². The Morgan fingerprint density at radius 3 is 2.82 bits per heavy atom. The number of nitrogens with zero attached hydrogens (tertiary/aromatic N) is 3. The fourth-order valence-corrected chi connectivity index (χ4v) is 1.81. The molecule has 0 aliphatic heterocycles. The van der Waals surface area contributed by atoms with Gasteiger partial charge in [0.1, 0.15) is 5.82 Å². The number of rotatable bonds is 3. The van der Waals surface area contributed by atoms with Crippen molar-refractivity contribution in [1.82, 2.24) is 4.98 Å². The van der Waals surface area contributed by atoms with Crippen LogP contribution in [0.4, 0.5) is 5.82 Å². The fraction of sp³-hybridized carbons (Fsp3) is 0.286. The first-order chi connectivity index (χ1) is 8.20. The van der Waals surface area contributed by atoms with Crippen LogP contribution >= 0.6 is 0 Å². The standard InChI is InChI=1S/C14H15N3/c1-11(9-15)10-17(2)14-8-7-12-5-3-4-6-13(12)16-14/h3-8,11H,10H2,1-2H3. The van der Waals surface area contributed by atoms with Crippen LogP contribution in [0.2, 0.25) is 0 Å². The monoisotopic (exact) mass is 225 g/mol. The zero-order valence-electron chi connectivity index (χ0n) is 10.1. The first kappa shape index (κ1) is 11.4. The van der Waals surface area contributed by atoms with E-state index in [1.165, 1.54) is 0 Å². The SMILES string of the molecule is CC(C#N)CN(C)c1ccc2ccccc2n1. The molecule has 0 fully saturated rings. The predicted molar refractivity (Wildman–Crippen MR) is 69.8 cm³/mol. The van der Waals surface area contributed by atoms with E-state index in [1.807, 2.05) is 49.2 Å². The van der Waals surface area contributed by atoms with Crippen LogP contribution in [0.1, 0.15) is 6.92 Å². The number of para-hydroxylation sites is 1. The molecular weight excluding hydrogens is 210 g/mol. The molecule has 0 saturated carbocycles. The molecule has 3 heteroatoms. The van der Waals surface area contributed by atoms with Crippen molar-refractivity contribution in [1.29, 1.82) is 5.26 Å². The fourth-order valence-electron chi connectivity index (χ4n) is 1.81. The van der Waals surface area contributed by atoms with Crippen molar-refractivity contribution in [2.45, 2.75) is 6.92 Å². The van der Waals surface area contributed by atoms with Gasteiger partial charge in [0.2, 0.25) is 0 Å². The van der Waals surface area contributed by atoms with Gasteiger partial charge in [0.05, 0.1) is 17.5 Å². The summed E-state index contributed by atoms with van der Waals surface area (Å²) in [6.07, 6.45) is 0. The number of anilines is 1. The van der Waals surface area contributed by atoms with Crippen LogP contribution in [-0.2, 0) is 0 Å². The normalized spacial score (nSPS) is 12.1. The highest BCUT2D eigenvalue weighted by Gasteiger charge is 2.07. The Morgan fingerprint density at radius 1 is 1.29 bits per heavy atom. The minimum absolute atomic E-state index is 0.00766. The molecule has 17 heavy (non-hydrogen) atoms. The summed E-state index contributed by atoms with van der Waals surface area (Å²) in [4.78, 5) is 6.59. The van der Waals surface area contributed by atoms with E-state index in [-0.39, 0.29) is 5.92 Å². The van der Waals surface area contributed by atoms with Gasteiger partial charge in [0.25, 0.3) is 0 Å². The number of benzene rings is 1. The molecule has 3 nitrogen and oxygen atoms in total. The molecule has 2 rings (SSSR count). The summed E-state index contributed by atoms with van der Waals surface area (Å²) in [5, 5.41) is 9.94. The molecule has 0 N–H and O–H groups in total. The lowest BCUT2D eigenvalue weighted by Crippen LogP contribution is -2.23. The van der Waals surface area contributed by atoms with Crippen LogP contribution < -0.4 is 4.90 Å². The average Bonchev–Trinajstić information content (AvgIpc) is 2.38. The Bertz CT molecular complexity index is 557. The molecule has 1 aromatic carbocycles. The van der Waals surface area contributed by atoms with Gasteiger partial charge in [-0.1, -0.05) is 18.2 Å². The summed E-state index contributed by atoms with van der Waals surface area (Å²) in [7, 11) is 1.96. The smallest absolute Gasteiger partial charge is 0.129 e. The highest BCUT2D eigenvalue weighted by Crippen LogP contribution is 2.17. The summed E-state index contributed by atoms with van der Waals surface area (Å²) in [5.41, 5.74) is 0.987. The molecule has 1 heterocycles. The first-order valence-electron chi connectivity index (χ1n) is 5.67. The van der Waals surface area contributed by atoms with Crippen molar-refractivity contribution >= 4 is 16.7 Å². The van der Waals surface area contributed by atoms with Crippen molar-refractivity contribution in [3.05, 3.63) is 36.4 Å². The van der Waals surface area contributed by atoms with Crippen LogP contribution in [0, 0.1) is 17.2 Å². The Kier molecular flexibility index (Phi) is 3.24. The molecule has 2 aromatic rings. The zero-order valence-corrected chi connectivity index (χ0v) is 10.1. The van der Waals surface area contributed by atoms with E-state index in [0.717, 1.165) is 16.7 Å². The Hall–Kier alpha value is -2.08. The second-order valence-corrected chi connectivity index (χ2v) is 4.27. The average molecular weight is 225 g/mol. The Labute approximate surface area is 101 Å². The second kappa shape index (κ2) is 4.84. The summed E-state index contributed by atoms with van der Waals surface area (Å²) >= 11 is 0. The number of fused-ring (bicyclic) bond motifs is 1. The molecule has 0 bridgehead atoms. The quantitative estimate of drug-likeness (QED) is 0.806. The van der Waals surface area contributed by atoms with Crippen molar-refractivity contribution < 1.29 is 0 Å². The van der Waals surface area contributed by atoms with Gasteiger partial charge in [-0.3, -0.25) is 0 Å². The van der Waals surface area contributed by atoms with E-state index in [0.29, 0.717) is 6.54 Å². The van der Waals surface area contributed by atoms with E-state index in [2.05, 4.69) is 17.1 Å². The first-order valence-corrected chi connectivity index (χ1v) is 5.67. The predicted octanol–water partition coefficient (Wildman–Crippen LogP) is 2.83. The van der Waals surface area contributed by atoms with Gasteiger partial charge >= 0.3 is 0 Å². The number of hydrogen-bond acceptors (Lipinski definition) is 3. The van der Waals surface area contributed by atoms with Crippen LogP contribution in [0.25, 0.3) is 10.9 Å². The summed E-state index contributed by atoms with van der Waals surface area (Å²) in [5.74, 6) is 0.916. The van der Waals surface area contributed by atoms with E-state index in [9.17, 15) is 0 Å². The van der Waals surface area contributed by atoms with Gasteiger partial charge in [0, 0.05) is 19.0 Å². The Balaban J connectivity index is 2.27. The minimum atomic E-state index is 0.00766. The molecule has 86 valence electrons. The molecule has 0 amide bonds. The van der Waals surface area contributed by atoms with E-state index >= 15 is 0 Å². The molecule has 0 aliphatic rings. The zero-order chi connectivity index (χ0) is 12.3. The number of hydrogen-bond donors (Lipinski definition) is 0. The minimum Gasteiger partial charge on any atom is -0.358 e. The summed E-state index contributed by atoms with van der Waals surface area (Å²) in [6.45, 7) is 2.61. The van der Waals surface area contributed by atoms with Gasteiger partial charge in [-0.2, -0.15) is 5.26 Å². The van der Waals surface area contributed by atoms with Crippen molar-refractivity contribution in [3.63, 3.8) is 0 Å². The number of pyridine rings is 1. The van der Waals surface area contributed by atoms with Gasteiger partial charge in [-0.15, -0.1) is 0 Å². The summed E-state index contributed by atoms with van der Waals surface area (Å²) < 4.78 is 0. The molecule has 1 aromatic heterocycles. The highest BCUT2D eigenvalue weighted by molar-refractivity contribution is 5.80. The second-order valence-electron chi connectivity index (χ2n) is 4.27. The maximum absolute atomic E-state index is 8.81. The van der Waals surface area contributed by atoms with Crippen LogP contribution in [0.3, 0.4) is 0 Å². The van der Waals surface area contributed by atoms with Crippen LogP contribution in [0.5, 0.6) is 0 Å². The van der Waals surface area contributed by atoms with Crippen LogP contribution in [0.15, 0.2) is 36.4 Å². The van der Waals surface area contributed by atoms with Crippen LogP contribution in [-0.4, -0.2) is 18.6 Å². The molecule has 1 unspecified atom stereocenters. The number of aromatic nitrogens is 1. The molecule has 0 spiro atoms. The lowest BCUT2D eigenvalue weighted by molar-refractivity contribution is 0.711. The van der Waals surface area contributed by atoms with Gasteiger partial charge in [-0.25, -0.2) is 4.98 Å². The maximum atomic E-state index is 8.81. The lowest BCUT2D eigenvalue weighted by atomic mass is 10.2. The maximum Gasteiger partial charge on any atom is 0.129 e. The third-order valence-corrected chi connectivity index (χ3v) is 2.74. The molecular formula is C14H15N3. The van der Waals surface area contributed by atoms with Gasteiger partial charge in [0.15, 0.2) is 0 Å². The molecule has 1 atom stereocenters. The van der Waals surface area contributed by atoms with Gasteiger partial charge < -0.3 is 4.90 Å². The van der Waals surface area contributed by atoms with E-state index < -0.39 is 0 Å². The topological polar surface area (TPSA) is 39.9 Å². The molecule has 0 radical (unpaired) electrons. The van der Waals surface area contributed by atoms with E-state index in [1.54, 1.807) is 0 Å². The third-order valence-electron chi connectivity index (χ3n) is 2.74. The van der Waals surface area contributed by atoms with Crippen molar-refractivity contribution in [3.8, 4) is 6.07 Å². The lowest BCUT2D eigenvalue weighted by Gasteiger charge is -2.19. The molecule has 0 saturated heterocycles. The van der Waals surface area contributed by atoms with Crippen molar-refractivity contribution in [2.75, 3.05) is 18.5 Å². The molecule has 0 aliphatic carbocycles. The third kappa shape index (κ3) is 2.54. The largest absolute Gasteiger partial charge is 0.358 e. The highest BCUT2D eigenvalue weighted by atomic mass is 15.2. The van der Waals surface area contributed by atoms with E-state index in [4.69, 9.17) is 5.26 Å². The Morgan fingerprint density at radius 2 is 2.06 bits per heavy atom. The summed E-state index contributed by atoms with van der Waals surface area (Å²) in [6, 6.07) is 14.3. The van der Waals surface area contributed by atoms with Gasteiger partial charge in [-0.05, 0) is 25.1 Å². The number of nitriles is 1.